The summed E-state index contributed by atoms with van der Waals surface area (Å²) in [5.41, 5.74) is 0. The monoisotopic (exact) mass is 321 g/mol. The van der Waals surface area contributed by atoms with Crippen molar-refractivity contribution in [1.82, 2.24) is 5.32 Å². The largest absolute Gasteiger partial charge is 0.468 e. The normalized spacial score (nSPS) is 13.0. The lowest BCUT2D eigenvalue weighted by Gasteiger charge is -2.17. The molecule has 1 amide bonds. The molecule has 0 unspecified atom stereocenters. The molecular weight excluding hydrogens is 302 g/mol. The number of furan rings is 1. The van der Waals surface area contributed by atoms with E-state index in [-0.39, 0.29) is 23.3 Å². The highest BCUT2D eigenvalue weighted by molar-refractivity contribution is 7.91. The fraction of sp³-hybridized carbons (Fsp3) is 0.312. The van der Waals surface area contributed by atoms with Crippen molar-refractivity contribution in [3.63, 3.8) is 0 Å². The van der Waals surface area contributed by atoms with Crippen LogP contribution in [0.5, 0.6) is 0 Å². The van der Waals surface area contributed by atoms with Gasteiger partial charge in [0.05, 0.1) is 11.2 Å². The minimum Gasteiger partial charge on any atom is -0.468 e. The van der Waals surface area contributed by atoms with Gasteiger partial charge >= 0.3 is 0 Å². The van der Waals surface area contributed by atoms with Gasteiger partial charge < -0.3 is 9.73 Å². The van der Waals surface area contributed by atoms with Crippen LogP contribution in [-0.2, 0) is 14.6 Å². The Morgan fingerprint density at radius 1 is 1.14 bits per heavy atom. The maximum Gasteiger partial charge on any atom is 0.222 e. The van der Waals surface area contributed by atoms with Gasteiger partial charge in [-0.2, -0.15) is 0 Å². The highest BCUT2D eigenvalue weighted by atomic mass is 32.2. The van der Waals surface area contributed by atoms with Crippen molar-refractivity contribution in [3.8, 4) is 0 Å². The van der Waals surface area contributed by atoms with E-state index in [0.29, 0.717) is 5.76 Å². The Kier molecular flexibility index (Phi) is 5.03. The second-order valence-corrected chi connectivity index (χ2v) is 7.39. The second-order valence-electron chi connectivity index (χ2n) is 5.26. The van der Waals surface area contributed by atoms with Crippen LogP contribution in [0.4, 0.5) is 0 Å². The summed E-state index contributed by atoms with van der Waals surface area (Å²) in [6.07, 6.45) is 1.42. The van der Waals surface area contributed by atoms with E-state index in [1.807, 2.05) is 0 Å². The first-order valence-electron chi connectivity index (χ1n) is 7.03. The van der Waals surface area contributed by atoms with Crippen LogP contribution in [-0.4, -0.2) is 20.9 Å². The molecule has 5 nitrogen and oxygen atoms in total. The molecule has 1 aromatic carbocycles. The van der Waals surface area contributed by atoms with Gasteiger partial charge in [0.15, 0.2) is 9.84 Å². The molecule has 0 aliphatic heterocycles. The quantitative estimate of drug-likeness (QED) is 0.887. The molecule has 0 saturated carbocycles. The number of rotatable bonds is 6. The molecule has 0 spiro atoms. The lowest BCUT2D eigenvalue weighted by atomic mass is 10.2. The van der Waals surface area contributed by atoms with Crippen LogP contribution in [0, 0.1) is 5.92 Å². The molecule has 1 atom stereocenters. The molecule has 2 rings (SSSR count). The molecule has 118 valence electrons. The van der Waals surface area contributed by atoms with Crippen LogP contribution >= 0.6 is 0 Å². The van der Waals surface area contributed by atoms with Crippen LogP contribution in [0.1, 0.15) is 24.9 Å². The molecule has 2 aromatic rings. The van der Waals surface area contributed by atoms with Crippen LogP contribution in [0.15, 0.2) is 58.0 Å². The molecule has 1 aromatic heterocycles. The summed E-state index contributed by atoms with van der Waals surface area (Å²) in [6.45, 7) is 3.48. The summed E-state index contributed by atoms with van der Waals surface area (Å²) in [4.78, 5) is 11.9. The molecule has 22 heavy (non-hydrogen) atoms. The van der Waals surface area contributed by atoms with Gasteiger partial charge in [0.2, 0.25) is 5.91 Å². The zero-order valence-electron chi connectivity index (χ0n) is 12.5. The van der Waals surface area contributed by atoms with E-state index in [1.54, 1.807) is 44.2 Å². The van der Waals surface area contributed by atoms with E-state index in [4.69, 9.17) is 4.42 Å². The summed E-state index contributed by atoms with van der Waals surface area (Å²) in [7, 11) is -3.65. The minimum atomic E-state index is -3.65. The Morgan fingerprint density at radius 2 is 1.82 bits per heavy atom. The molecule has 0 aliphatic rings. The smallest absolute Gasteiger partial charge is 0.222 e. The van der Waals surface area contributed by atoms with Crippen LogP contribution in [0.25, 0.3) is 0 Å². The first kappa shape index (κ1) is 16.3. The average molecular weight is 321 g/mol. The number of hydrogen-bond donors (Lipinski definition) is 1. The molecule has 1 N–H and O–H groups in total. The fourth-order valence-corrected chi connectivity index (χ4v) is 3.62. The summed E-state index contributed by atoms with van der Waals surface area (Å²) in [5, 5.41) is 1.72. The number of sulfone groups is 1. The second kappa shape index (κ2) is 6.79. The Balaban J connectivity index is 2.31. The SMILES string of the molecule is CC(C)C(=O)NC[C@H](c1ccco1)S(=O)(=O)c1ccccc1. The third-order valence-corrected chi connectivity index (χ3v) is 5.37. The van der Waals surface area contributed by atoms with Gasteiger partial charge in [-0.05, 0) is 24.3 Å². The molecule has 6 heteroatoms. The van der Waals surface area contributed by atoms with Crippen molar-refractivity contribution < 1.29 is 17.6 Å². The third kappa shape index (κ3) is 3.57. The van der Waals surface area contributed by atoms with Crippen molar-refractivity contribution in [1.29, 1.82) is 0 Å². The van der Waals surface area contributed by atoms with E-state index in [1.165, 1.54) is 18.4 Å². The topological polar surface area (TPSA) is 76.4 Å². The van der Waals surface area contributed by atoms with Gasteiger partial charge in [-0.3, -0.25) is 4.79 Å². The Labute approximate surface area is 130 Å². The summed E-state index contributed by atoms with van der Waals surface area (Å²) in [5.74, 6) is -0.0931. The highest BCUT2D eigenvalue weighted by Crippen LogP contribution is 2.28. The van der Waals surface area contributed by atoms with Gasteiger partial charge in [0.1, 0.15) is 11.0 Å². The Bertz CT molecular complexity index is 706. The number of amides is 1. The maximum atomic E-state index is 12.8. The zero-order chi connectivity index (χ0) is 16.2. The minimum absolute atomic E-state index is 0.0260. The molecule has 1 heterocycles. The number of carbonyl (C=O) groups is 1. The first-order valence-corrected chi connectivity index (χ1v) is 8.57. The van der Waals surface area contributed by atoms with Gasteiger partial charge in [0, 0.05) is 12.5 Å². The molecule has 0 fully saturated rings. The third-order valence-electron chi connectivity index (χ3n) is 3.29. The van der Waals surface area contributed by atoms with E-state index in [9.17, 15) is 13.2 Å². The van der Waals surface area contributed by atoms with Crippen LogP contribution in [0.3, 0.4) is 0 Å². The number of carbonyl (C=O) groups excluding carboxylic acids is 1. The van der Waals surface area contributed by atoms with E-state index >= 15 is 0 Å². The number of hydrogen-bond acceptors (Lipinski definition) is 4. The molecule has 0 radical (unpaired) electrons. The van der Waals surface area contributed by atoms with Gasteiger partial charge in [-0.1, -0.05) is 32.0 Å². The fourth-order valence-electron chi connectivity index (χ4n) is 2.01. The lowest BCUT2D eigenvalue weighted by Crippen LogP contribution is -2.34. The molecular formula is C16H19NO4S. The van der Waals surface area contributed by atoms with E-state index in [2.05, 4.69) is 5.32 Å². The van der Waals surface area contributed by atoms with Gasteiger partial charge in [0.25, 0.3) is 0 Å². The zero-order valence-corrected chi connectivity index (χ0v) is 13.3. The maximum absolute atomic E-state index is 12.8. The van der Waals surface area contributed by atoms with Gasteiger partial charge in [-0.15, -0.1) is 0 Å². The number of nitrogens with one attached hydrogen (secondary N) is 1. The van der Waals surface area contributed by atoms with E-state index < -0.39 is 15.1 Å². The van der Waals surface area contributed by atoms with Crippen molar-refractivity contribution in [2.75, 3.05) is 6.54 Å². The number of benzene rings is 1. The lowest BCUT2D eigenvalue weighted by molar-refractivity contribution is -0.123. The van der Waals surface area contributed by atoms with E-state index in [0.717, 1.165) is 0 Å². The van der Waals surface area contributed by atoms with Gasteiger partial charge in [-0.25, -0.2) is 8.42 Å². The molecule has 0 bridgehead atoms. The van der Waals surface area contributed by atoms with Crippen LogP contribution < -0.4 is 5.32 Å². The van der Waals surface area contributed by atoms with Crippen LogP contribution in [0.2, 0.25) is 0 Å². The summed E-state index contributed by atoms with van der Waals surface area (Å²) < 4.78 is 30.9. The molecule has 0 aliphatic carbocycles. The predicted molar refractivity (Wildman–Crippen MR) is 82.9 cm³/mol. The predicted octanol–water partition coefficient (Wildman–Crippen LogP) is 2.57. The first-order chi connectivity index (χ1) is 10.4. The van der Waals surface area contributed by atoms with Crippen molar-refractivity contribution in [2.45, 2.75) is 24.0 Å². The van der Waals surface area contributed by atoms with Crippen molar-refractivity contribution >= 4 is 15.7 Å². The summed E-state index contributed by atoms with van der Waals surface area (Å²) >= 11 is 0. The Morgan fingerprint density at radius 3 is 2.36 bits per heavy atom. The molecule has 0 saturated heterocycles. The average Bonchev–Trinajstić information content (AvgIpc) is 3.01. The van der Waals surface area contributed by atoms with Crippen molar-refractivity contribution in [3.05, 3.63) is 54.5 Å². The van der Waals surface area contributed by atoms with Crippen molar-refractivity contribution in [2.24, 2.45) is 5.92 Å². The summed E-state index contributed by atoms with van der Waals surface area (Å²) in [6, 6.07) is 11.4. The Hall–Kier alpha value is -2.08. The highest BCUT2D eigenvalue weighted by Gasteiger charge is 2.31. The standard InChI is InChI=1S/C16H19NO4S/c1-12(2)16(18)17-11-15(14-9-6-10-21-14)22(19,20)13-7-4-3-5-8-13/h3-10,12,15H,11H2,1-2H3,(H,17,18)/t15-/m1/s1.